The summed E-state index contributed by atoms with van der Waals surface area (Å²) in [6.07, 6.45) is -4.48. The summed E-state index contributed by atoms with van der Waals surface area (Å²) in [7, 11) is 0. The van der Waals surface area contributed by atoms with Crippen LogP contribution in [0, 0.1) is 5.21 Å². The first kappa shape index (κ1) is 14.3. The molecule has 20 heavy (non-hydrogen) atoms. The summed E-state index contributed by atoms with van der Waals surface area (Å²) in [5.74, 6) is -0.698. The van der Waals surface area contributed by atoms with Gasteiger partial charge in [0.1, 0.15) is 0 Å². The number of benzene rings is 1. The van der Waals surface area contributed by atoms with Crippen molar-refractivity contribution in [1.29, 1.82) is 0 Å². The van der Waals surface area contributed by atoms with Gasteiger partial charge in [-0.1, -0.05) is 12.1 Å². The van der Waals surface area contributed by atoms with E-state index >= 15 is 0 Å². The van der Waals surface area contributed by atoms with Gasteiger partial charge in [-0.2, -0.15) is 17.9 Å². The molecule has 0 aliphatic heterocycles. The highest BCUT2D eigenvalue weighted by molar-refractivity contribution is 6.28. The molecular weight excluding hydrogens is 295 g/mol. The molecule has 0 amide bonds. The second-order valence-corrected chi connectivity index (χ2v) is 4.32. The summed E-state index contributed by atoms with van der Waals surface area (Å²) >= 11 is 5.58. The standard InChI is InChI=1S/C13H7ClF3NO2/c14-11-3-1-2-10(18(11)20)12(19)8-4-6-9(7-5-8)13(15,16)17/h1-7H. The number of halogens is 4. The number of alkyl halides is 3. The molecule has 2 rings (SSSR count). The number of rotatable bonds is 2. The van der Waals surface area contributed by atoms with Crippen LogP contribution in [0.5, 0.6) is 0 Å². The maximum absolute atomic E-state index is 12.4. The van der Waals surface area contributed by atoms with Crippen molar-refractivity contribution in [2.24, 2.45) is 0 Å². The fourth-order valence-corrected chi connectivity index (χ4v) is 1.76. The normalized spacial score (nSPS) is 11.4. The van der Waals surface area contributed by atoms with E-state index in [2.05, 4.69) is 0 Å². The fourth-order valence-electron chi connectivity index (χ4n) is 1.60. The average Bonchev–Trinajstić information content (AvgIpc) is 2.40. The molecule has 7 heteroatoms. The number of aromatic nitrogens is 1. The fraction of sp³-hybridized carbons (Fsp3) is 0.0769. The van der Waals surface area contributed by atoms with E-state index in [-0.39, 0.29) is 21.1 Å². The number of nitrogens with zero attached hydrogens (tertiary/aromatic N) is 1. The van der Waals surface area contributed by atoms with Crippen molar-refractivity contribution >= 4 is 17.4 Å². The monoisotopic (exact) mass is 301 g/mol. The summed E-state index contributed by atoms with van der Waals surface area (Å²) in [5.41, 5.74) is -1.14. The third-order valence-electron chi connectivity index (χ3n) is 2.61. The van der Waals surface area contributed by atoms with Gasteiger partial charge in [0.2, 0.25) is 0 Å². The smallest absolute Gasteiger partial charge is 0.416 e. The minimum Gasteiger partial charge on any atom is -0.617 e. The van der Waals surface area contributed by atoms with Crippen molar-refractivity contribution in [3.05, 3.63) is 69.6 Å². The van der Waals surface area contributed by atoms with Crippen LogP contribution < -0.4 is 4.73 Å². The summed E-state index contributed by atoms with van der Waals surface area (Å²) < 4.78 is 37.4. The molecule has 0 spiro atoms. The van der Waals surface area contributed by atoms with Gasteiger partial charge in [0.25, 0.3) is 16.6 Å². The van der Waals surface area contributed by atoms with Gasteiger partial charge >= 0.3 is 6.18 Å². The molecule has 0 saturated carbocycles. The third kappa shape index (κ3) is 2.75. The first-order valence-electron chi connectivity index (χ1n) is 5.41. The quantitative estimate of drug-likeness (QED) is 0.370. The maximum Gasteiger partial charge on any atom is 0.416 e. The van der Waals surface area contributed by atoms with Gasteiger partial charge in [0, 0.05) is 17.7 Å². The predicted octanol–water partition coefficient (Wildman–Crippen LogP) is 3.22. The Hall–Kier alpha value is -2.08. The number of pyridine rings is 1. The Bertz CT molecular complexity index is 654. The maximum atomic E-state index is 12.4. The van der Waals surface area contributed by atoms with Crippen LogP contribution in [0.15, 0.2) is 42.5 Å². The van der Waals surface area contributed by atoms with Crippen molar-refractivity contribution in [3.63, 3.8) is 0 Å². The van der Waals surface area contributed by atoms with E-state index in [1.807, 2.05) is 0 Å². The van der Waals surface area contributed by atoms with E-state index in [0.29, 0.717) is 0 Å². The third-order valence-corrected chi connectivity index (χ3v) is 2.89. The Morgan fingerprint density at radius 2 is 1.70 bits per heavy atom. The lowest BCUT2D eigenvalue weighted by Crippen LogP contribution is -2.35. The van der Waals surface area contributed by atoms with Crippen LogP contribution in [0.4, 0.5) is 13.2 Å². The molecule has 0 aliphatic carbocycles. The van der Waals surface area contributed by atoms with Crippen molar-refractivity contribution in [2.45, 2.75) is 6.18 Å². The summed E-state index contributed by atoms with van der Waals surface area (Å²) in [4.78, 5) is 12.0. The lowest BCUT2D eigenvalue weighted by atomic mass is 10.1. The molecule has 0 radical (unpaired) electrons. The molecule has 3 nitrogen and oxygen atoms in total. The van der Waals surface area contributed by atoms with Crippen LogP contribution >= 0.6 is 11.6 Å². The van der Waals surface area contributed by atoms with Gasteiger partial charge in [-0.05, 0) is 29.8 Å². The van der Waals surface area contributed by atoms with Crippen molar-refractivity contribution in [3.8, 4) is 0 Å². The molecule has 0 bridgehead atoms. The number of carbonyl (C=O) groups excluding carboxylic acids is 1. The van der Waals surface area contributed by atoms with Crippen LogP contribution in [-0.2, 0) is 6.18 Å². The molecule has 0 N–H and O–H groups in total. The van der Waals surface area contributed by atoms with E-state index in [1.54, 1.807) is 0 Å². The molecule has 0 saturated heterocycles. The Kier molecular flexibility index (Phi) is 3.67. The minimum absolute atomic E-state index is 0.0233. The van der Waals surface area contributed by atoms with Gasteiger partial charge in [0.05, 0.1) is 5.56 Å². The number of hydrogen-bond donors (Lipinski definition) is 0. The number of ketones is 1. The van der Waals surface area contributed by atoms with E-state index in [0.717, 1.165) is 24.3 Å². The van der Waals surface area contributed by atoms with Crippen LogP contribution in [-0.4, -0.2) is 5.78 Å². The minimum atomic E-state index is -4.48. The molecular formula is C13H7ClF3NO2. The summed E-state index contributed by atoms with van der Waals surface area (Å²) in [6, 6.07) is 7.57. The van der Waals surface area contributed by atoms with E-state index < -0.39 is 17.5 Å². The average molecular weight is 302 g/mol. The molecule has 0 atom stereocenters. The largest absolute Gasteiger partial charge is 0.617 e. The zero-order chi connectivity index (χ0) is 14.9. The molecule has 0 fully saturated rings. The second kappa shape index (κ2) is 5.13. The highest BCUT2D eigenvalue weighted by Crippen LogP contribution is 2.29. The van der Waals surface area contributed by atoms with Crippen LogP contribution in [0.3, 0.4) is 0 Å². The SMILES string of the molecule is O=C(c1ccc(C(F)(F)F)cc1)c1cccc(Cl)[n+]1[O-]. The van der Waals surface area contributed by atoms with Gasteiger partial charge < -0.3 is 5.21 Å². The molecule has 0 unspecified atom stereocenters. The van der Waals surface area contributed by atoms with Crippen LogP contribution in [0.2, 0.25) is 5.15 Å². The first-order valence-corrected chi connectivity index (χ1v) is 5.78. The predicted molar refractivity (Wildman–Crippen MR) is 65.3 cm³/mol. The second-order valence-electron chi connectivity index (χ2n) is 3.93. The number of hydrogen-bond acceptors (Lipinski definition) is 2. The molecule has 2 aromatic rings. The van der Waals surface area contributed by atoms with E-state index in [9.17, 15) is 23.2 Å². The Labute approximate surface area is 116 Å². The van der Waals surface area contributed by atoms with Crippen molar-refractivity contribution in [2.75, 3.05) is 0 Å². The lowest BCUT2D eigenvalue weighted by molar-refractivity contribution is -0.605. The van der Waals surface area contributed by atoms with E-state index in [4.69, 9.17) is 11.6 Å². The van der Waals surface area contributed by atoms with Gasteiger partial charge in [0.15, 0.2) is 0 Å². The molecule has 1 aromatic carbocycles. The molecule has 1 heterocycles. The van der Waals surface area contributed by atoms with Gasteiger partial charge in [-0.25, -0.2) is 0 Å². The van der Waals surface area contributed by atoms with Crippen LogP contribution in [0.1, 0.15) is 21.6 Å². The Balaban J connectivity index is 2.37. The molecule has 1 aromatic heterocycles. The molecule has 104 valence electrons. The highest BCUT2D eigenvalue weighted by Gasteiger charge is 2.30. The van der Waals surface area contributed by atoms with E-state index in [1.165, 1.54) is 18.2 Å². The summed E-state index contributed by atoms with van der Waals surface area (Å²) in [5, 5.41) is 11.4. The van der Waals surface area contributed by atoms with Crippen molar-refractivity contribution in [1.82, 2.24) is 0 Å². The van der Waals surface area contributed by atoms with Crippen molar-refractivity contribution < 1.29 is 22.7 Å². The Morgan fingerprint density at radius 1 is 1.10 bits per heavy atom. The molecule has 0 aliphatic rings. The zero-order valence-corrected chi connectivity index (χ0v) is 10.6. The summed E-state index contributed by atoms with van der Waals surface area (Å²) in [6.45, 7) is 0. The Morgan fingerprint density at radius 3 is 2.25 bits per heavy atom. The number of carbonyl (C=O) groups is 1. The van der Waals surface area contributed by atoms with Gasteiger partial charge in [-0.15, -0.1) is 0 Å². The van der Waals surface area contributed by atoms with Gasteiger partial charge in [-0.3, -0.25) is 4.79 Å². The highest BCUT2D eigenvalue weighted by atomic mass is 35.5. The lowest BCUT2D eigenvalue weighted by Gasteiger charge is -2.07. The zero-order valence-electron chi connectivity index (χ0n) is 9.82. The van der Waals surface area contributed by atoms with Crippen LogP contribution in [0.25, 0.3) is 0 Å². The topological polar surface area (TPSA) is 44.0 Å². The first-order chi connectivity index (χ1) is 9.30.